The van der Waals surface area contributed by atoms with Gasteiger partial charge in [-0.05, 0) is 37.1 Å². The first-order valence-corrected chi connectivity index (χ1v) is 14.8. The van der Waals surface area contributed by atoms with Crippen LogP contribution in [-0.4, -0.2) is 85.1 Å². The zero-order chi connectivity index (χ0) is 30.1. The largest absolute Gasteiger partial charge is 0.410 e. The molecule has 3 amide bonds. The van der Waals surface area contributed by atoms with Crippen molar-refractivity contribution in [1.82, 2.24) is 30.1 Å². The molecular weight excluding hydrogens is 608 g/mol. The zero-order valence-corrected chi connectivity index (χ0v) is 24.5. The Bertz CT molecular complexity index is 1670. The van der Waals surface area contributed by atoms with Crippen molar-refractivity contribution in [2.45, 2.75) is 30.9 Å². The van der Waals surface area contributed by atoms with E-state index in [0.717, 1.165) is 24.3 Å². The number of nitrogens with one attached hydrogen (secondary N) is 2. The van der Waals surface area contributed by atoms with Crippen LogP contribution >= 0.6 is 34.7 Å². The molecule has 0 aromatic carbocycles. The molecule has 0 spiro atoms. The smallest absolute Gasteiger partial charge is 0.350 e. The summed E-state index contributed by atoms with van der Waals surface area (Å²) in [4.78, 5) is 60.1. The van der Waals surface area contributed by atoms with Gasteiger partial charge >= 0.3 is 17.4 Å². The van der Waals surface area contributed by atoms with Crippen LogP contribution in [0.3, 0.4) is 0 Å². The highest BCUT2D eigenvalue weighted by atomic mass is 35.5. The number of aryl methyl sites for hydroxylation is 1. The summed E-state index contributed by atoms with van der Waals surface area (Å²) in [7, 11) is 1.84. The lowest BCUT2D eigenvalue weighted by molar-refractivity contribution is -0.664. The Labute approximate surface area is 251 Å². The number of hydrogen-bond acceptors (Lipinski definition) is 12. The number of halogens is 1. The summed E-state index contributed by atoms with van der Waals surface area (Å²) in [6.07, 6.45) is 3.14. The Morgan fingerprint density at radius 2 is 2.17 bits per heavy atom. The van der Waals surface area contributed by atoms with Gasteiger partial charge in [-0.3, -0.25) is 28.6 Å². The van der Waals surface area contributed by atoms with Crippen molar-refractivity contribution in [3.05, 3.63) is 45.5 Å². The molecule has 2 aliphatic heterocycles. The SMILES string of the molecule is CNCCCn1c(C(N)=O)nc2c1ccc[n+]2CC1=C(C=O)N2C(=O)C(NC(=O)/C(=N\O)c3nc(N)sc3Cl)C2SC1. The van der Waals surface area contributed by atoms with Gasteiger partial charge in [0.2, 0.25) is 0 Å². The summed E-state index contributed by atoms with van der Waals surface area (Å²) >= 11 is 8.31. The van der Waals surface area contributed by atoms with E-state index < -0.39 is 34.8 Å². The third kappa shape index (κ3) is 5.19. The van der Waals surface area contributed by atoms with Crippen LogP contribution in [0.4, 0.5) is 5.13 Å². The van der Waals surface area contributed by atoms with Crippen LogP contribution in [0.2, 0.25) is 4.34 Å². The molecule has 1 fully saturated rings. The molecule has 0 aliphatic carbocycles. The molecule has 0 radical (unpaired) electrons. The lowest BCUT2D eigenvalue weighted by atomic mass is 10.0. The number of allylic oxidation sites excluding steroid dienone is 1. The van der Waals surface area contributed by atoms with E-state index in [9.17, 15) is 24.4 Å². The van der Waals surface area contributed by atoms with Crippen molar-refractivity contribution in [2.75, 3.05) is 25.1 Å². The molecule has 7 N–H and O–H groups in total. The first-order chi connectivity index (χ1) is 20.2. The molecule has 2 atom stereocenters. The van der Waals surface area contributed by atoms with Crippen molar-refractivity contribution in [3.8, 4) is 0 Å². The first kappa shape index (κ1) is 29.4. The topological polar surface area (TPSA) is 215 Å². The fourth-order valence-corrected chi connectivity index (χ4v) is 7.18. The fourth-order valence-electron chi connectivity index (χ4n) is 4.89. The summed E-state index contributed by atoms with van der Waals surface area (Å²) in [6.45, 7) is 1.49. The first-order valence-electron chi connectivity index (χ1n) is 12.6. The highest BCUT2D eigenvalue weighted by Crippen LogP contribution is 2.40. The molecule has 42 heavy (non-hydrogen) atoms. The minimum atomic E-state index is -0.979. The molecule has 0 saturated carbocycles. The molecule has 2 unspecified atom stereocenters. The van der Waals surface area contributed by atoms with Gasteiger partial charge in [-0.2, -0.15) is 0 Å². The molecule has 2 aliphatic rings. The standard InChI is InChI=1S/C24H25ClN10O5S2/c1-28-5-3-7-34-12-4-2-6-33(19(12)31-20(34)18(26)37)8-11-10-41-23-16(22(39)35(23)13(11)9-36)29-21(38)15(32-40)14-17(25)42-24(27)30-14/h2,4,6,9,16,23,28H,3,5,7-8,10H2,1H3,(H5-,26,27,29,30,37,38,40)/p+1. The van der Waals surface area contributed by atoms with Crippen molar-refractivity contribution >= 4 is 80.7 Å². The number of thioether (sulfide) groups is 1. The van der Waals surface area contributed by atoms with E-state index in [1.165, 1.54) is 16.7 Å². The number of thiazole rings is 1. The Balaban J connectivity index is 1.37. The Kier molecular flexibility index (Phi) is 8.44. The van der Waals surface area contributed by atoms with E-state index in [2.05, 4.69) is 25.8 Å². The molecule has 220 valence electrons. The van der Waals surface area contributed by atoms with Crippen LogP contribution in [0.5, 0.6) is 0 Å². The molecular formula is C24H26ClN10O5S2+. The van der Waals surface area contributed by atoms with Crippen LogP contribution in [0.25, 0.3) is 11.2 Å². The number of carbonyl (C=O) groups is 4. The Morgan fingerprint density at radius 1 is 1.38 bits per heavy atom. The second-order valence-electron chi connectivity index (χ2n) is 9.34. The van der Waals surface area contributed by atoms with Crippen LogP contribution in [0.1, 0.15) is 22.7 Å². The van der Waals surface area contributed by atoms with Crippen LogP contribution < -0.4 is 26.7 Å². The van der Waals surface area contributed by atoms with E-state index in [1.807, 2.05) is 19.2 Å². The van der Waals surface area contributed by atoms with E-state index in [0.29, 0.717) is 35.3 Å². The van der Waals surface area contributed by atoms with E-state index >= 15 is 0 Å². The summed E-state index contributed by atoms with van der Waals surface area (Å²) < 4.78 is 3.63. The molecule has 5 heterocycles. The average molecular weight is 634 g/mol. The van der Waals surface area contributed by atoms with Gasteiger partial charge in [-0.25, -0.2) is 9.55 Å². The lowest BCUT2D eigenvalue weighted by Crippen LogP contribution is -2.70. The number of imidazole rings is 1. The quantitative estimate of drug-likeness (QED) is 0.0345. The summed E-state index contributed by atoms with van der Waals surface area (Å²) in [5.74, 6) is -1.52. The number of aldehydes is 1. The lowest BCUT2D eigenvalue weighted by Gasteiger charge is -2.49. The minimum Gasteiger partial charge on any atom is -0.410 e. The highest BCUT2D eigenvalue weighted by molar-refractivity contribution is 8.00. The Morgan fingerprint density at radius 3 is 2.81 bits per heavy atom. The second kappa shape index (κ2) is 12.0. The van der Waals surface area contributed by atoms with Gasteiger partial charge in [-0.1, -0.05) is 28.1 Å². The van der Waals surface area contributed by atoms with Crippen LogP contribution in [0, 0.1) is 0 Å². The molecule has 15 nitrogen and oxygen atoms in total. The van der Waals surface area contributed by atoms with E-state index in [1.54, 1.807) is 15.3 Å². The third-order valence-electron chi connectivity index (χ3n) is 6.80. The van der Waals surface area contributed by atoms with Gasteiger partial charge < -0.3 is 27.3 Å². The number of nitrogens with two attached hydrogens (primary N) is 2. The number of nitrogen functional groups attached to an aromatic ring is 1. The van der Waals surface area contributed by atoms with Gasteiger partial charge in [0.05, 0.1) is 11.9 Å². The number of pyridine rings is 1. The molecule has 1 saturated heterocycles. The number of primary amides is 1. The van der Waals surface area contributed by atoms with Crippen molar-refractivity contribution < 1.29 is 29.0 Å². The van der Waals surface area contributed by atoms with Crippen molar-refractivity contribution in [2.24, 2.45) is 10.9 Å². The number of carbonyl (C=O) groups excluding carboxylic acids is 4. The molecule has 3 aromatic heterocycles. The fraction of sp³-hybridized carbons (Fsp3) is 0.333. The van der Waals surface area contributed by atoms with E-state index in [4.69, 9.17) is 23.1 Å². The third-order valence-corrected chi connectivity index (χ3v) is 9.23. The number of anilines is 1. The zero-order valence-electron chi connectivity index (χ0n) is 22.1. The Hall–Kier alpha value is -4.06. The molecule has 5 rings (SSSR count). The number of fused-ring (bicyclic) bond motifs is 2. The maximum absolute atomic E-state index is 13.1. The number of nitrogens with zero attached hydrogens (tertiary/aromatic N) is 6. The number of rotatable bonds is 11. The number of hydrogen-bond donors (Lipinski definition) is 5. The monoisotopic (exact) mass is 633 g/mol. The molecule has 0 bridgehead atoms. The number of β-lactam (4-membered cyclic amide) rings is 1. The van der Waals surface area contributed by atoms with E-state index in [-0.39, 0.29) is 33.2 Å². The van der Waals surface area contributed by atoms with Crippen molar-refractivity contribution in [3.63, 3.8) is 0 Å². The van der Waals surface area contributed by atoms with Gasteiger partial charge in [-0.15, -0.1) is 11.8 Å². The normalized spacial score (nSPS) is 18.7. The number of amides is 3. The summed E-state index contributed by atoms with van der Waals surface area (Å²) in [5, 5.41) is 17.5. The van der Waals surface area contributed by atoms with Gasteiger partial charge in [0.25, 0.3) is 11.8 Å². The number of oxime groups is 1. The van der Waals surface area contributed by atoms with Gasteiger partial charge in [0, 0.05) is 17.9 Å². The summed E-state index contributed by atoms with van der Waals surface area (Å²) in [5.41, 5.74) is 12.7. The highest BCUT2D eigenvalue weighted by Gasteiger charge is 2.53. The summed E-state index contributed by atoms with van der Waals surface area (Å²) in [6, 6.07) is 2.67. The predicted molar refractivity (Wildman–Crippen MR) is 155 cm³/mol. The maximum atomic E-state index is 13.1. The minimum absolute atomic E-state index is 0.0538. The molecule has 18 heteroatoms. The number of aromatic nitrogens is 4. The average Bonchev–Trinajstić information content (AvgIpc) is 3.51. The predicted octanol–water partition coefficient (Wildman–Crippen LogP) is -0.544. The van der Waals surface area contributed by atoms with Crippen LogP contribution in [0.15, 0.2) is 34.8 Å². The van der Waals surface area contributed by atoms with Gasteiger partial charge in [0.1, 0.15) is 33.5 Å². The van der Waals surface area contributed by atoms with Crippen molar-refractivity contribution in [1.29, 1.82) is 0 Å². The van der Waals surface area contributed by atoms with Crippen LogP contribution in [-0.2, 0) is 27.5 Å². The van der Waals surface area contributed by atoms with Gasteiger partial charge in [0.15, 0.2) is 17.1 Å². The molecule has 3 aromatic rings. The maximum Gasteiger partial charge on any atom is 0.350 e. The second-order valence-corrected chi connectivity index (χ2v) is 12.1.